The molecular formula is C20H17F3N4O3S. The van der Waals surface area contributed by atoms with Crippen LogP contribution in [0, 0.1) is 0 Å². The number of carbonyl (C=O) groups is 1. The Bertz CT molecular complexity index is 1340. The van der Waals surface area contributed by atoms with Crippen LogP contribution in [0.2, 0.25) is 0 Å². The lowest BCUT2D eigenvalue weighted by Crippen LogP contribution is -2.26. The van der Waals surface area contributed by atoms with E-state index < -0.39 is 27.5 Å². The van der Waals surface area contributed by atoms with Crippen LogP contribution in [0.1, 0.15) is 52.9 Å². The molecule has 31 heavy (non-hydrogen) atoms. The molecule has 0 atom stereocenters. The van der Waals surface area contributed by atoms with Crippen molar-refractivity contribution >= 4 is 27.2 Å². The number of sulfone groups is 1. The maximum Gasteiger partial charge on any atom is 0.417 e. The van der Waals surface area contributed by atoms with Gasteiger partial charge >= 0.3 is 6.18 Å². The number of nitrogens with zero attached hydrogens (tertiary/aromatic N) is 4. The fourth-order valence-electron chi connectivity index (χ4n) is 3.79. The summed E-state index contributed by atoms with van der Waals surface area (Å²) in [6.45, 7) is 1.33. The van der Waals surface area contributed by atoms with Crippen molar-refractivity contribution in [2.75, 3.05) is 10.7 Å². The minimum absolute atomic E-state index is 0.0913. The van der Waals surface area contributed by atoms with Crippen LogP contribution in [0.15, 0.2) is 35.6 Å². The van der Waals surface area contributed by atoms with Gasteiger partial charge in [0.15, 0.2) is 20.7 Å². The van der Waals surface area contributed by atoms with Crippen molar-refractivity contribution in [3.05, 3.63) is 53.0 Å². The SMILES string of the molecule is CCS(=O)(=O)c1c(N2Cc3ncc(C(F)(F)F)cc3C2=O)nc2cc(C3CC3)ccn12. The van der Waals surface area contributed by atoms with E-state index in [9.17, 15) is 26.4 Å². The summed E-state index contributed by atoms with van der Waals surface area (Å²) in [7, 11) is -3.80. The molecule has 4 heterocycles. The number of pyridine rings is 2. The maximum absolute atomic E-state index is 13.1. The Balaban J connectivity index is 1.65. The minimum Gasteiger partial charge on any atom is -0.289 e. The standard InChI is InChI=1S/C20H17F3N4O3S/c1-2-31(29,30)19-17(25-16-7-12(11-3-4-11)5-6-26(16)19)27-10-15-14(18(27)28)8-13(9-24-15)20(21,22)23/h5-9,11H,2-4,10H2,1H3. The van der Waals surface area contributed by atoms with Crippen LogP contribution in [-0.2, 0) is 22.6 Å². The number of halogens is 3. The lowest BCUT2D eigenvalue weighted by molar-refractivity contribution is -0.137. The van der Waals surface area contributed by atoms with E-state index in [1.807, 2.05) is 6.07 Å². The maximum atomic E-state index is 13.1. The molecule has 7 nitrogen and oxygen atoms in total. The first kappa shape index (κ1) is 20.0. The number of rotatable bonds is 4. The fourth-order valence-corrected chi connectivity index (χ4v) is 4.96. The third kappa shape index (κ3) is 3.18. The second-order valence-corrected chi connectivity index (χ2v) is 9.91. The van der Waals surface area contributed by atoms with E-state index in [1.165, 1.54) is 11.3 Å². The third-order valence-corrected chi connectivity index (χ3v) is 7.38. The van der Waals surface area contributed by atoms with E-state index in [2.05, 4.69) is 9.97 Å². The molecule has 1 amide bonds. The molecule has 0 radical (unpaired) electrons. The predicted molar refractivity (Wildman–Crippen MR) is 105 cm³/mol. The summed E-state index contributed by atoms with van der Waals surface area (Å²) in [5.41, 5.74) is 0.321. The van der Waals surface area contributed by atoms with Gasteiger partial charge in [-0.25, -0.2) is 13.4 Å². The van der Waals surface area contributed by atoms with Gasteiger partial charge < -0.3 is 0 Å². The number of alkyl halides is 3. The number of carbonyl (C=O) groups excluding carboxylic acids is 1. The molecule has 0 aromatic carbocycles. The Morgan fingerprint density at radius 1 is 1.23 bits per heavy atom. The average Bonchev–Trinajstić information content (AvgIpc) is 3.42. The second-order valence-electron chi connectivity index (χ2n) is 7.71. The monoisotopic (exact) mass is 450 g/mol. The van der Waals surface area contributed by atoms with Crippen LogP contribution in [0.25, 0.3) is 5.65 Å². The Labute approximate surface area is 175 Å². The van der Waals surface area contributed by atoms with Crippen LogP contribution in [0.5, 0.6) is 0 Å². The average molecular weight is 450 g/mol. The normalized spacial score (nSPS) is 16.9. The summed E-state index contributed by atoms with van der Waals surface area (Å²) in [4.78, 5) is 22.3. The van der Waals surface area contributed by atoms with Crippen LogP contribution in [0.3, 0.4) is 0 Å². The highest BCUT2D eigenvalue weighted by Gasteiger charge is 2.39. The molecule has 3 aromatic heterocycles. The van der Waals surface area contributed by atoms with Crippen molar-refractivity contribution in [1.29, 1.82) is 0 Å². The summed E-state index contributed by atoms with van der Waals surface area (Å²) in [5, 5.41) is -0.149. The van der Waals surface area contributed by atoms with E-state index in [0.717, 1.165) is 29.4 Å². The third-order valence-electron chi connectivity index (χ3n) is 5.65. The van der Waals surface area contributed by atoms with Gasteiger partial charge in [0.2, 0.25) is 0 Å². The molecule has 5 rings (SSSR count). The second kappa shape index (κ2) is 6.52. The van der Waals surface area contributed by atoms with Gasteiger partial charge in [0.1, 0.15) is 5.65 Å². The number of imidazole rings is 1. The van der Waals surface area contributed by atoms with Crippen molar-refractivity contribution in [3.8, 4) is 0 Å². The zero-order valence-corrected chi connectivity index (χ0v) is 17.2. The van der Waals surface area contributed by atoms with Gasteiger partial charge in [0.25, 0.3) is 5.91 Å². The van der Waals surface area contributed by atoms with Crippen LogP contribution >= 0.6 is 0 Å². The molecule has 1 aliphatic carbocycles. The van der Waals surface area contributed by atoms with E-state index in [0.29, 0.717) is 17.8 Å². The molecule has 1 saturated carbocycles. The van der Waals surface area contributed by atoms with Gasteiger partial charge in [0, 0.05) is 12.4 Å². The molecule has 3 aromatic rings. The summed E-state index contributed by atoms with van der Waals surface area (Å²) >= 11 is 0. The van der Waals surface area contributed by atoms with Gasteiger partial charge in [-0.2, -0.15) is 13.2 Å². The van der Waals surface area contributed by atoms with Crippen molar-refractivity contribution in [3.63, 3.8) is 0 Å². The number of hydrogen-bond donors (Lipinski definition) is 0. The van der Waals surface area contributed by atoms with Gasteiger partial charge in [-0.15, -0.1) is 0 Å². The summed E-state index contributed by atoms with van der Waals surface area (Å²) in [6.07, 6.45) is -0.247. The summed E-state index contributed by atoms with van der Waals surface area (Å²) < 4.78 is 66.4. The Hall–Kier alpha value is -2.95. The Morgan fingerprint density at radius 2 is 1.97 bits per heavy atom. The molecule has 0 bridgehead atoms. The largest absolute Gasteiger partial charge is 0.417 e. The fraction of sp³-hybridized carbons (Fsp3) is 0.350. The van der Waals surface area contributed by atoms with Gasteiger partial charge in [0.05, 0.1) is 29.1 Å². The van der Waals surface area contributed by atoms with Crippen LogP contribution in [0.4, 0.5) is 19.0 Å². The number of aromatic nitrogens is 3. The van der Waals surface area contributed by atoms with E-state index in [4.69, 9.17) is 0 Å². The lowest BCUT2D eigenvalue weighted by Gasteiger charge is -2.14. The van der Waals surface area contributed by atoms with Crippen molar-refractivity contribution in [1.82, 2.24) is 14.4 Å². The highest BCUT2D eigenvalue weighted by molar-refractivity contribution is 7.91. The van der Waals surface area contributed by atoms with Gasteiger partial charge in [-0.1, -0.05) is 6.92 Å². The van der Waals surface area contributed by atoms with E-state index in [1.54, 1.807) is 12.3 Å². The number of amides is 1. The highest BCUT2D eigenvalue weighted by atomic mass is 32.2. The quantitative estimate of drug-likeness (QED) is 0.607. The van der Waals surface area contributed by atoms with Gasteiger partial charge in [-0.3, -0.25) is 19.1 Å². The zero-order chi connectivity index (χ0) is 22.1. The van der Waals surface area contributed by atoms with Gasteiger partial charge in [-0.05, 0) is 42.5 Å². The molecule has 0 spiro atoms. The zero-order valence-electron chi connectivity index (χ0n) is 16.3. The van der Waals surface area contributed by atoms with Crippen molar-refractivity contribution in [2.24, 2.45) is 0 Å². The molecule has 0 unspecified atom stereocenters. The lowest BCUT2D eigenvalue weighted by atomic mass is 10.1. The smallest absolute Gasteiger partial charge is 0.289 e. The highest BCUT2D eigenvalue weighted by Crippen LogP contribution is 2.41. The minimum atomic E-state index is -4.64. The van der Waals surface area contributed by atoms with Crippen LogP contribution in [-0.4, -0.2) is 34.4 Å². The first-order valence-electron chi connectivity index (χ1n) is 9.73. The summed E-state index contributed by atoms with van der Waals surface area (Å²) in [6, 6.07) is 4.38. The number of anilines is 1. The first-order valence-corrected chi connectivity index (χ1v) is 11.4. The molecule has 162 valence electrons. The molecule has 1 fully saturated rings. The molecule has 1 aliphatic heterocycles. The summed E-state index contributed by atoms with van der Waals surface area (Å²) in [5.74, 6) is -0.652. The molecule has 11 heteroatoms. The molecular weight excluding hydrogens is 433 g/mol. The Morgan fingerprint density at radius 3 is 2.61 bits per heavy atom. The Kier molecular flexibility index (Phi) is 4.20. The molecule has 0 N–H and O–H groups in total. The van der Waals surface area contributed by atoms with Crippen LogP contribution < -0.4 is 4.90 Å². The number of fused-ring (bicyclic) bond motifs is 2. The first-order chi connectivity index (χ1) is 14.6. The van der Waals surface area contributed by atoms with Crippen molar-refractivity contribution in [2.45, 2.75) is 43.4 Å². The predicted octanol–water partition coefficient (Wildman–Crippen LogP) is 3.58. The molecule has 2 aliphatic rings. The van der Waals surface area contributed by atoms with E-state index in [-0.39, 0.29) is 34.4 Å². The number of hydrogen-bond acceptors (Lipinski definition) is 5. The molecule has 0 saturated heterocycles. The van der Waals surface area contributed by atoms with Crippen molar-refractivity contribution < 1.29 is 26.4 Å². The van der Waals surface area contributed by atoms with E-state index >= 15 is 0 Å². The topological polar surface area (TPSA) is 84.6 Å².